The van der Waals surface area contributed by atoms with Crippen LogP contribution >= 0.6 is 0 Å². The van der Waals surface area contributed by atoms with Crippen molar-refractivity contribution < 1.29 is 0 Å². The average Bonchev–Trinajstić information content (AvgIpc) is 3.14. The van der Waals surface area contributed by atoms with Crippen LogP contribution in [0.1, 0.15) is 11.1 Å². The van der Waals surface area contributed by atoms with Crippen molar-refractivity contribution in [2.75, 3.05) is 16.4 Å². The van der Waals surface area contributed by atoms with Crippen LogP contribution in [-0.2, 0) is 13.1 Å². The van der Waals surface area contributed by atoms with Crippen molar-refractivity contribution in [1.82, 2.24) is 25.4 Å². The number of H-pyrrole nitrogens is 1. The lowest BCUT2D eigenvalue weighted by Crippen LogP contribution is -2.08. The van der Waals surface area contributed by atoms with E-state index in [2.05, 4.69) is 36.0 Å². The Morgan fingerprint density at radius 1 is 0.885 bits per heavy atom. The van der Waals surface area contributed by atoms with Crippen molar-refractivity contribution in [2.45, 2.75) is 13.1 Å². The zero-order valence-corrected chi connectivity index (χ0v) is 14.0. The molecular formula is C18H18N8. The highest BCUT2D eigenvalue weighted by Gasteiger charge is 2.11. The maximum atomic E-state index is 5.82. The molecule has 8 nitrogen and oxygen atoms in total. The van der Waals surface area contributed by atoms with Gasteiger partial charge in [-0.15, -0.1) is 5.10 Å². The molecule has 2 aromatic heterocycles. The quantitative estimate of drug-likeness (QED) is 0.396. The first-order valence-electron chi connectivity index (χ1n) is 8.23. The van der Waals surface area contributed by atoms with E-state index in [0.717, 1.165) is 16.8 Å². The molecule has 4 aromatic rings. The molecule has 0 bridgehead atoms. The van der Waals surface area contributed by atoms with Gasteiger partial charge in [-0.25, -0.2) is 5.10 Å². The number of rotatable bonds is 6. The van der Waals surface area contributed by atoms with Crippen LogP contribution in [0.5, 0.6) is 0 Å². The number of anilines is 3. The molecule has 2 aromatic carbocycles. The fourth-order valence-electron chi connectivity index (χ4n) is 2.62. The van der Waals surface area contributed by atoms with E-state index in [0.29, 0.717) is 36.0 Å². The summed E-state index contributed by atoms with van der Waals surface area (Å²) in [4.78, 5) is 8.95. The largest absolute Gasteiger partial charge is 0.399 e. The van der Waals surface area contributed by atoms with E-state index in [-0.39, 0.29) is 0 Å². The Balaban J connectivity index is 1.54. The van der Waals surface area contributed by atoms with Gasteiger partial charge in [0.15, 0.2) is 17.0 Å². The van der Waals surface area contributed by atoms with Gasteiger partial charge in [0, 0.05) is 18.8 Å². The third kappa shape index (κ3) is 3.54. The number of nitrogens with one attached hydrogen (secondary N) is 3. The highest BCUT2D eigenvalue weighted by atomic mass is 15.4. The minimum atomic E-state index is 0.488. The van der Waals surface area contributed by atoms with Crippen molar-refractivity contribution in [1.29, 1.82) is 0 Å². The molecule has 0 amide bonds. The fraction of sp³-hybridized carbons (Fsp3) is 0.111. The van der Waals surface area contributed by atoms with Gasteiger partial charge >= 0.3 is 0 Å². The van der Waals surface area contributed by atoms with Crippen LogP contribution in [-0.4, -0.2) is 25.4 Å². The number of aromatic amines is 1. The van der Waals surface area contributed by atoms with Gasteiger partial charge in [-0.3, -0.25) is 0 Å². The van der Waals surface area contributed by atoms with Gasteiger partial charge in [0.05, 0.1) is 0 Å². The van der Waals surface area contributed by atoms with E-state index in [1.807, 2.05) is 54.6 Å². The monoisotopic (exact) mass is 346 g/mol. The van der Waals surface area contributed by atoms with Gasteiger partial charge in [0.1, 0.15) is 0 Å². The maximum Gasteiger partial charge on any atom is 0.227 e. The Kier molecular flexibility index (Phi) is 4.29. The van der Waals surface area contributed by atoms with E-state index < -0.39 is 0 Å². The Morgan fingerprint density at radius 2 is 1.69 bits per heavy atom. The third-order valence-corrected chi connectivity index (χ3v) is 3.89. The minimum absolute atomic E-state index is 0.488. The molecule has 0 fully saturated rings. The van der Waals surface area contributed by atoms with E-state index >= 15 is 0 Å². The predicted octanol–water partition coefficient (Wildman–Crippen LogP) is 2.55. The summed E-state index contributed by atoms with van der Waals surface area (Å²) in [5.74, 6) is 1.12. The molecule has 5 N–H and O–H groups in total. The number of fused-ring (bicyclic) bond motifs is 1. The first-order valence-corrected chi connectivity index (χ1v) is 8.23. The maximum absolute atomic E-state index is 5.82. The van der Waals surface area contributed by atoms with Crippen LogP contribution in [0, 0.1) is 0 Å². The molecule has 0 aliphatic rings. The van der Waals surface area contributed by atoms with Crippen molar-refractivity contribution in [2.24, 2.45) is 0 Å². The molecule has 26 heavy (non-hydrogen) atoms. The van der Waals surface area contributed by atoms with E-state index in [9.17, 15) is 0 Å². The van der Waals surface area contributed by atoms with Crippen LogP contribution in [0.3, 0.4) is 0 Å². The lowest BCUT2D eigenvalue weighted by molar-refractivity contribution is 0.954. The topological polar surface area (TPSA) is 117 Å². The molecule has 0 aliphatic carbocycles. The Hall–Kier alpha value is -3.68. The molecule has 2 heterocycles. The highest BCUT2D eigenvalue weighted by Crippen LogP contribution is 2.19. The lowest BCUT2D eigenvalue weighted by atomic mass is 10.2. The summed E-state index contributed by atoms with van der Waals surface area (Å²) >= 11 is 0. The second-order valence-electron chi connectivity index (χ2n) is 5.84. The van der Waals surface area contributed by atoms with Crippen molar-refractivity contribution in [3.8, 4) is 0 Å². The van der Waals surface area contributed by atoms with Gasteiger partial charge in [0.2, 0.25) is 5.95 Å². The standard InChI is InChI=1S/C18H18N8/c19-14-8-4-7-13(9-14)11-21-18-22-16(15-17(23-18)25-26-24-15)20-10-12-5-2-1-3-6-12/h1-9H,10-11,19H2,(H3,20,21,22,23,24,25,26). The number of nitrogen functional groups attached to an aromatic ring is 1. The van der Waals surface area contributed by atoms with Crippen LogP contribution < -0.4 is 16.4 Å². The number of nitrogens with two attached hydrogens (primary N) is 1. The minimum Gasteiger partial charge on any atom is -0.399 e. The fourth-order valence-corrected chi connectivity index (χ4v) is 2.62. The zero-order chi connectivity index (χ0) is 17.8. The molecule has 0 spiro atoms. The molecule has 0 radical (unpaired) electrons. The molecule has 0 saturated heterocycles. The summed E-state index contributed by atoms with van der Waals surface area (Å²) < 4.78 is 0. The van der Waals surface area contributed by atoms with Crippen LogP contribution in [0.25, 0.3) is 11.2 Å². The first-order chi connectivity index (χ1) is 12.8. The highest BCUT2D eigenvalue weighted by molar-refractivity contribution is 5.82. The van der Waals surface area contributed by atoms with Crippen molar-refractivity contribution in [3.05, 3.63) is 65.7 Å². The smallest absolute Gasteiger partial charge is 0.227 e. The van der Waals surface area contributed by atoms with E-state index in [1.54, 1.807) is 0 Å². The second kappa shape index (κ2) is 7.06. The number of hydrogen-bond acceptors (Lipinski definition) is 7. The molecular weight excluding hydrogens is 328 g/mol. The third-order valence-electron chi connectivity index (χ3n) is 3.89. The van der Waals surface area contributed by atoms with Gasteiger partial charge in [-0.1, -0.05) is 47.7 Å². The zero-order valence-electron chi connectivity index (χ0n) is 14.0. The molecule has 0 aliphatic heterocycles. The number of hydrogen-bond donors (Lipinski definition) is 4. The van der Waals surface area contributed by atoms with Crippen molar-refractivity contribution >= 4 is 28.6 Å². The summed E-state index contributed by atoms with van der Waals surface area (Å²) in [6.45, 7) is 1.20. The van der Waals surface area contributed by atoms with Gasteiger partial charge in [-0.05, 0) is 23.3 Å². The SMILES string of the molecule is Nc1cccc(CNc2nc(NCc3ccccc3)c3nn[nH]c3n2)c1. The van der Waals surface area contributed by atoms with Crippen LogP contribution in [0.15, 0.2) is 54.6 Å². The molecule has 0 atom stereocenters. The second-order valence-corrected chi connectivity index (χ2v) is 5.84. The normalized spacial score (nSPS) is 10.8. The Bertz CT molecular complexity index is 1010. The van der Waals surface area contributed by atoms with Gasteiger partial charge in [-0.2, -0.15) is 9.97 Å². The van der Waals surface area contributed by atoms with E-state index in [4.69, 9.17) is 5.73 Å². The van der Waals surface area contributed by atoms with Crippen LogP contribution in [0.2, 0.25) is 0 Å². The number of aromatic nitrogens is 5. The molecule has 130 valence electrons. The lowest BCUT2D eigenvalue weighted by Gasteiger charge is -2.09. The summed E-state index contributed by atoms with van der Waals surface area (Å²) in [5, 5.41) is 17.2. The van der Waals surface area contributed by atoms with Crippen LogP contribution in [0.4, 0.5) is 17.5 Å². The number of nitrogens with zero attached hydrogens (tertiary/aromatic N) is 4. The Morgan fingerprint density at radius 3 is 2.54 bits per heavy atom. The molecule has 0 saturated carbocycles. The summed E-state index contributed by atoms with van der Waals surface area (Å²) in [6.07, 6.45) is 0. The summed E-state index contributed by atoms with van der Waals surface area (Å²) in [5.41, 5.74) is 9.92. The summed E-state index contributed by atoms with van der Waals surface area (Å²) in [6, 6.07) is 17.8. The average molecular weight is 346 g/mol. The van der Waals surface area contributed by atoms with Gasteiger partial charge < -0.3 is 16.4 Å². The predicted molar refractivity (Wildman–Crippen MR) is 101 cm³/mol. The molecule has 4 rings (SSSR count). The molecule has 8 heteroatoms. The number of benzene rings is 2. The Labute approximate surface area is 149 Å². The van der Waals surface area contributed by atoms with Crippen molar-refractivity contribution in [3.63, 3.8) is 0 Å². The van der Waals surface area contributed by atoms with E-state index in [1.165, 1.54) is 0 Å². The first kappa shape index (κ1) is 15.8. The molecule has 0 unspecified atom stereocenters. The summed E-state index contributed by atoms with van der Waals surface area (Å²) in [7, 11) is 0. The van der Waals surface area contributed by atoms with Gasteiger partial charge in [0.25, 0.3) is 0 Å².